The van der Waals surface area contributed by atoms with Crippen molar-refractivity contribution in [3.63, 3.8) is 0 Å². The first-order valence-corrected chi connectivity index (χ1v) is 6.01. The van der Waals surface area contributed by atoms with E-state index >= 15 is 0 Å². The fraction of sp³-hybridized carbons (Fsp3) is 1.00. The van der Waals surface area contributed by atoms with Crippen LogP contribution in [0.5, 0.6) is 0 Å². The van der Waals surface area contributed by atoms with E-state index in [-0.39, 0.29) is 5.41 Å². The van der Waals surface area contributed by atoms with Crippen LogP contribution in [0.15, 0.2) is 0 Å². The molecule has 0 radical (unpaired) electrons. The summed E-state index contributed by atoms with van der Waals surface area (Å²) < 4.78 is 0. The van der Waals surface area contributed by atoms with Crippen LogP contribution in [0.3, 0.4) is 0 Å². The maximum Gasteiger partial charge on any atom is 0.0431 e. The Bertz CT molecular complexity index is 149. The Morgan fingerprint density at radius 3 is 2.27 bits per heavy atom. The van der Waals surface area contributed by atoms with Crippen molar-refractivity contribution >= 4 is 0 Å². The van der Waals surface area contributed by atoms with E-state index in [0.717, 1.165) is 32.5 Å². The van der Waals surface area contributed by atoms with Crippen LogP contribution in [0.4, 0.5) is 0 Å². The van der Waals surface area contributed by atoms with Gasteiger partial charge in [0, 0.05) is 13.2 Å². The summed E-state index contributed by atoms with van der Waals surface area (Å²) in [5.41, 5.74) is 5.92. The monoisotopic (exact) mass is 216 g/mol. The van der Waals surface area contributed by atoms with Gasteiger partial charge in [-0.25, -0.2) is 0 Å². The minimum atomic E-state index is 0.222. The first-order valence-electron chi connectivity index (χ1n) is 6.01. The van der Waals surface area contributed by atoms with Crippen molar-refractivity contribution in [2.24, 2.45) is 11.1 Å². The molecular weight excluding hydrogens is 188 g/mol. The maximum absolute atomic E-state index is 8.64. The minimum absolute atomic E-state index is 0.222. The Morgan fingerprint density at radius 1 is 1.13 bits per heavy atom. The van der Waals surface area contributed by atoms with E-state index in [1.165, 1.54) is 12.8 Å². The molecule has 0 aromatic heterocycles. The number of nitrogens with two attached hydrogens (primary N) is 1. The topological polar surface area (TPSA) is 49.5 Å². The summed E-state index contributed by atoms with van der Waals surface area (Å²) in [6.45, 7) is 7.67. The van der Waals surface area contributed by atoms with Gasteiger partial charge in [-0.3, -0.25) is 0 Å². The van der Waals surface area contributed by atoms with E-state index in [2.05, 4.69) is 25.8 Å². The Hall–Kier alpha value is -0.120. The predicted molar refractivity (Wildman–Crippen MR) is 65.9 cm³/mol. The SMILES string of the molecule is CN(CCCCCCO)CC(C)(C)CN. The molecule has 15 heavy (non-hydrogen) atoms. The van der Waals surface area contributed by atoms with Crippen LogP contribution in [-0.2, 0) is 0 Å². The summed E-state index contributed by atoms with van der Waals surface area (Å²) in [5.74, 6) is 0. The van der Waals surface area contributed by atoms with Crippen LogP contribution < -0.4 is 5.73 Å². The minimum Gasteiger partial charge on any atom is -0.396 e. The fourth-order valence-electron chi connectivity index (χ4n) is 1.72. The lowest BCUT2D eigenvalue weighted by molar-refractivity contribution is 0.211. The highest BCUT2D eigenvalue weighted by Gasteiger charge is 2.17. The van der Waals surface area contributed by atoms with Crippen molar-refractivity contribution in [1.29, 1.82) is 0 Å². The van der Waals surface area contributed by atoms with Crippen molar-refractivity contribution in [2.75, 3.05) is 33.3 Å². The number of unbranched alkanes of at least 4 members (excludes halogenated alkanes) is 3. The average Bonchev–Trinajstić information content (AvgIpc) is 2.17. The van der Waals surface area contributed by atoms with Gasteiger partial charge in [0.2, 0.25) is 0 Å². The Morgan fingerprint density at radius 2 is 1.73 bits per heavy atom. The number of hydrogen-bond donors (Lipinski definition) is 2. The highest BCUT2D eigenvalue weighted by molar-refractivity contribution is 4.72. The van der Waals surface area contributed by atoms with E-state index in [1.54, 1.807) is 0 Å². The second-order valence-corrected chi connectivity index (χ2v) is 5.24. The zero-order valence-electron chi connectivity index (χ0n) is 10.6. The summed E-state index contributed by atoms with van der Waals surface area (Å²) in [7, 11) is 2.16. The molecule has 0 aromatic rings. The lowest BCUT2D eigenvalue weighted by atomic mass is 9.93. The summed E-state index contributed by atoms with van der Waals surface area (Å²) >= 11 is 0. The summed E-state index contributed by atoms with van der Waals surface area (Å²) in [6.07, 6.45) is 4.52. The molecule has 0 fully saturated rings. The highest BCUT2D eigenvalue weighted by Crippen LogP contribution is 2.14. The largest absolute Gasteiger partial charge is 0.396 e. The van der Waals surface area contributed by atoms with E-state index in [9.17, 15) is 0 Å². The fourth-order valence-corrected chi connectivity index (χ4v) is 1.72. The van der Waals surface area contributed by atoms with Gasteiger partial charge in [0.15, 0.2) is 0 Å². The smallest absolute Gasteiger partial charge is 0.0431 e. The molecule has 0 unspecified atom stereocenters. The van der Waals surface area contributed by atoms with Crippen LogP contribution in [0, 0.1) is 5.41 Å². The van der Waals surface area contributed by atoms with Gasteiger partial charge in [-0.1, -0.05) is 26.7 Å². The van der Waals surface area contributed by atoms with E-state index in [1.807, 2.05) is 0 Å². The standard InChI is InChI=1S/C12H28N2O/c1-12(2,10-13)11-14(3)8-6-4-5-7-9-15/h15H,4-11,13H2,1-3H3. The van der Waals surface area contributed by atoms with Gasteiger partial charge >= 0.3 is 0 Å². The molecule has 0 spiro atoms. The molecule has 0 rings (SSSR count). The molecule has 92 valence electrons. The quantitative estimate of drug-likeness (QED) is 0.574. The molecule has 0 atom stereocenters. The van der Waals surface area contributed by atoms with Gasteiger partial charge in [0.05, 0.1) is 0 Å². The number of aliphatic hydroxyl groups excluding tert-OH is 1. The van der Waals surface area contributed by atoms with Crippen molar-refractivity contribution in [3.8, 4) is 0 Å². The van der Waals surface area contributed by atoms with Crippen molar-refractivity contribution in [2.45, 2.75) is 39.5 Å². The molecule has 0 aliphatic heterocycles. The molecule has 3 nitrogen and oxygen atoms in total. The normalized spacial score (nSPS) is 12.4. The van der Waals surface area contributed by atoms with Gasteiger partial charge < -0.3 is 15.7 Å². The summed E-state index contributed by atoms with van der Waals surface area (Å²) in [4.78, 5) is 2.35. The van der Waals surface area contributed by atoms with Gasteiger partial charge in [-0.2, -0.15) is 0 Å². The molecule has 0 aliphatic rings. The van der Waals surface area contributed by atoms with Crippen LogP contribution >= 0.6 is 0 Å². The molecule has 0 saturated heterocycles. The van der Waals surface area contributed by atoms with Gasteiger partial charge in [-0.05, 0) is 38.4 Å². The summed E-state index contributed by atoms with van der Waals surface area (Å²) in [6, 6.07) is 0. The third-order valence-electron chi connectivity index (χ3n) is 2.70. The molecule has 0 aromatic carbocycles. The molecule has 0 saturated carbocycles. The first kappa shape index (κ1) is 14.9. The van der Waals surface area contributed by atoms with Crippen LogP contribution in [0.1, 0.15) is 39.5 Å². The summed E-state index contributed by atoms with van der Waals surface area (Å²) in [5, 5.41) is 8.64. The third kappa shape index (κ3) is 8.85. The van der Waals surface area contributed by atoms with Gasteiger partial charge in [-0.15, -0.1) is 0 Å². The van der Waals surface area contributed by atoms with Crippen molar-refractivity contribution in [1.82, 2.24) is 4.90 Å². The zero-order valence-corrected chi connectivity index (χ0v) is 10.6. The maximum atomic E-state index is 8.64. The molecule has 0 aliphatic carbocycles. The van der Waals surface area contributed by atoms with E-state index in [0.29, 0.717) is 6.61 Å². The highest BCUT2D eigenvalue weighted by atomic mass is 16.2. The Labute approximate surface area is 94.6 Å². The number of aliphatic hydroxyl groups is 1. The lowest BCUT2D eigenvalue weighted by Gasteiger charge is -2.28. The molecule has 0 bridgehead atoms. The van der Waals surface area contributed by atoms with Gasteiger partial charge in [0.1, 0.15) is 0 Å². The number of nitrogens with zero attached hydrogens (tertiary/aromatic N) is 1. The van der Waals surface area contributed by atoms with E-state index in [4.69, 9.17) is 10.8 Å². The number of hydrogen-bond acceptors (Lipinski definition) is 3. The van der Waals surface area contributed by atoms with Gasteiger partial charge in [0.25, 0.3) is 0 Å². The second-order valence-electron chi connectivity index (χ2n) is 5.24. The molecular formula is C12H28N2O. The molecule has 0 heterocycles. The Kier molecular flexibility index (Phi) is 8.02. The average molecular weight is 216 g/mol. The second kappa shape index (κ2) is 8.08. The molecule has 3 N–H and O–H groups in total. The third-order valence-corrected chi connectivity index (χ3v) is 2.70. The predicted octanol–water partition coefficient (Wildman–Crippen LogP) is 1.46. The zero-order chi connectivity index (χ0) is 11.7. The molecule has 0 amide bonds. The molecule has 3 heteroatoms. The van der Waals surface area contributed by atoms with Crippen molar-refractivity contribution < 1.29 is 5.11 Å². The van der Waals surface area contributed by atoms with Crippen LogP contribution in [-0.4, -0.2) is 43.3 Å². The first-order chi connectivity index (χ1) is 7.02. The Balaban J connectivity index is 3.45. The van der Waals surface area contributed by atoms with Crippen molar-refractivity contribution in [3.05, 3.63) is 0 Å². The lowest BCUT2D eigenvalue weighted by Crippen LogP contribution is -2.37. The van der Waals surface area contributed by atoms with Crippen LogP contribution in [0.2, 0.25) is 0 Å². The van der Waals surface area contributed by atoms with E-state index < -0.39 is 0 Å². The van der Waals surface area contributed by atoms with Crippen LogP contribution in [0.25, 0.3) is 0 Å². The number of rotatable bonds is 9.